The number of phosphoric ester groups is 1. The molecule has 2 aliphatic rings. The third-order valence-electron chi connectivity index (χ3n) is 27.3. The Hall–Kier alpha value is -7.81. The number of phosphoric acid groups is 1. The fourth-order valence-electron chi connectivity index (χ4n) is 19.1. The predicted molar refractivity (Wildman–Crippen MR) is 570 cm³/mol. The van der Waals surface area contributed by atoms with E-state index in [1.807, 2.05) is 111 Å². The van der Waals surface area contributed by atoms with Crippen molar-refractivity contribution in [1.82, 2.24) is 23.4 Å². The molecule has 0 spiro atoms. The van der Waals surface area contributed by atoms with Gasteiger partial charge in [0.1, 0.15) is 61.1 Å². The molecule has 26 nitrogen and oxygen atoms in total. The van der Waals surface area contributed by atoms with Gasteiger partial charge in [-0.1, -0.05) is 364 Å². The van der Waals surface area contributed by atoms with Crippen LogP contribution in [0.4, 0.5) is 0 Å². The zero-order valence-electron chi connectivity index (χ0n) is 88.5. The van der Waals surface area contributed by atoms with Gasteiger partial charge in [0.15, 0.2) is 11.5 Å². The van der Waals surface area contributed by atoms with E-state index in [4.69, 9.17) is 73.7 Å². The summed E-state index contributed by atoms with van der Waals surface area (Å²) in [5.41, 5.74) is -2.46. The zero-order valence-corrected chi connectivity index (χ0v) is 90.3. The zero-order chi connectivity index (χ0) is 102. The lowest BCUT2D eigenvalue weighted by Crippen LogP contribution is -2.45. The van der Waals surface area contributed by atoms with Crippen molar-refractivity contribution >= 4 is 22.3 Å². The number of hydrogen-bond donors (Lipinski definition) is 1. The van der Waals surface area contributed by atoms with Crippen LogP contribution in [0.2, 0.25) is 0 Å². The number of aromatic amines is 1. The summed E-state index contributed by atoms with van der Waals surface area (Å²) in [7, 11) is -3.93. The molecule has 8 rings (SSSR count). The molecular formula is C114H177N7O19P2. The first-order chi connectivity index (χ1) is 69.2. The number of hydrogen-bond acceptors (Lipinski definition) is 20. The monoisotopic (exact) mass is 2010 g/mol. The smallest absolute Gasteiger partial charge is 0.475 e. The number of H-pyrrole nitrogens is 1. The van der Waals surface area contributed by atoms with Gasteiger partial charge in [0.2, 0.25) is 18.8 Å². The number of rotatable bonds is 81. The van der Waals surface area contributed by atoms with E-state index in [-0.39, 0.29) is 79.4 Å². The Morgan fingerprint density at radius 1 is 0.479 bits per heavy atom. The van der Waals surface area contributed by atoms with Gasteiger partial charge in [-0.15, -0.1) is 0 Å². The molecule has 6 aromatic rings. The van der Waals surface area contributed by atoms with E-state index in [0.29, 0.717) is 58.3 Å². The summed E-state index contributed by atoms with van der Waals surface area (Å²) >= 11 is 0. The molecule has 8 atom stereocenters. The largest absolute Gasteiger partial charge is 0.497 e. The second-order valence-electron chi connectivity index (χ2n) is 39.5. The molecule has 792 valence electrons. The molecule has 2 fully saturated rings. The summed E-state index contributed by atoms with van der Waals surface area (Å²) in [5, 5.41) is 0. The number of nitrogens with one attached hydrogen (secondary N) is 1. The fraction of sp³-hybridized carbons (Fsp3) is 0.693. The van der Waals surface area contributed by atoms with Gasteiger partial charge in [0, 0.05) is 54.0 Å². The second-order valence-corrected chi connectivity index (χ2v) is 42.5. The minimum absolute atomic E-state index is 0.00895. The van der Waals surface area contributed by atoms with E-state index in [1.54, 1.807) is 33.3 Å². The molecule has 0 aliphatic carbocycles. The number of unbranched alkanes of at least 4 members (excludes halogenated alkanes) is 45. The van der Waals surface area contributed by atoms with Gasteiger partial charge in [0.25, 0.3) is 25.6 Å². The van der Waals surface area contributed by atoms with Crippen molar-refractivity contribution in [2.45, 2.75) is 438 Å². The molecule has 2 aromatic heterocycles. The number of methoxy groups -OCH3 is 2. The highest BCUT2D eigenvalue weighted by Gasteiger charge is 2.49. The average molecular weight is 2010 g/mol. The van der Waals surface area contributed by atoms with Gasteiger partial charge >= 0.3 is 19.2 Å². The van der Waals surface area contributed by atoms with E-state index in [1.165, 1.54) is 260 Å². The molecule has 0 saturated carbocycles. The van der Waals surface area contributed by atoms with Gasteiger partial charge < -0.3 is 56.6 Å². The standard InChI is InChI=1S/C114H177N7O19P2/c1-14-17-20-23-26-29-32-35-38-41-44-47-50-53-56-62-77-130-102-82-94(83-103(131-78-63-57-54-51-48-45-42-39-36-33-30-27-24-21-18-15-2)108(102)132-79-64-58-55-52-49-46-43-40-37-34-31-28-25-22-19-16-3)111(124)120-110(123)93(9)87-119(113(120)126)107-84-100(139-141(134-80-75-115-10)121(90(4)5)91(6)7)105(138-107)89-136-142(127,135-81-76-116-11)140-101-85-106(118-86-92(8)109(122)117-112(118)125)137-104(101)88-133-114(95-65-60-59-61-66-95,96-67-71-98(128-12)72-68-96)97-69-73-99(129-13)74-70-97/h59-61,65-74,82-83,86-87,90-91,100-101,104-107H,14-58,62-64,75-81,84-85,88-89H2,1-9,12-13H3,(H,117,122,125)/t100?,101?,104-,105-,106-,107-,141?,142?/m1/s1. The SMILES string of the molecule is [C-]#[N+]CCOP(OC1C[C@H](n2cc(C)c(=O)n(C(=O)c3cc(OCCCCCCCCCCCCCCCCCC)c(OCCCCCCCCCCCCCCCCCC)c(OCCCCCCCCCCCCCCCCCC)c3)c2=O)O[C@@H]1COP(=O)(OCC[N+]#[C-])OC1C[C@H](n2cc(C)c(=O)[nH]c2=O)O[C@@H]1COC(c1ccccc1)(c1ccc(OC)cc1)c1ccc(OC)cc1)N(C(C)C)C(C)C. The Morgan fingerprint density at radius 2 is 0.859 bits per heavy atom. The number of ether oxygens (including phenoxy) is 8. The normalized spacial score (nSPS) is 16.6. The van der Waals surface area contributed by atoms with Crippen LogP contribution < -0.4 is 46.2 Å². The Balaban J connectivity index is 1.11. The lowest BCUT2D eigenvalue weighted by atomic mass is 9.80. The summed E-state index contributed by atoms with van der Waals surface area (Å²) in [6.07, 6.45) is 53.8. The van der Waals surface area contributed by atoms with Crippen LogP contribution in [-0.4, -0.2) is 139 Å². The van der Waals surface area contributed by atoms with Crippen molar-refractivity contribution in [1.29, 1.82) is 0 Å². The Morgan fingerprint density at radius 3 is 1.27 bits per heavy atom. The van der Waals surface area contributed by atoms with Crippen LogP contribution in [0.3, 0.4) is 0 Å². The summed E-state index contributed by atoms with van der Waals surface area (Å²) in [6.45, 7) is 32.7. The van der Waals surface area contributed by atoms with Crippen LogP contribution in [0.1, 0.15) is 420 Å². The highest BCUT2D eigenvalue weighted by molar-refractivity contribution is 7.48. The second kappa shape index (κ2) is 69.4. The molecule has 142 heavy (non-hydrogen) atoms. The molecule has 0 bridgehead atoms. The first kappa shape index (κ1) is 119. The van der Waals surface area contributed by atoms with Crippen LogP contribution in [0.25, 0.3) is 9.69 Å². The van der Waals surface area contributed by atoms with Crippen molar-refractivity contribution in [2.75, 3.05) is 73.6 Å². The van der Waals surface area contributed by atoms with Crippen molar-refractivity contribution in [3.05, 3.63) is 201 Å². The number of benzene rings is 4. The number of carbonyl (C=O) groups is 1. The van der Waals surface area contributed by atoms with Crippen molar-refractivity contribution in [2.24, 2.45) is 0 Å². The maximum Gasteiger partial charge on any atom is 0.475 e. The van der Waals surface area contributed by atoms with Gasteiger partial charge in [-0.05, 0) is 114 Å². The summed E-state index contributed by atoms with van der Waals surface area (Å²) < 4.78 is 107. The molecule has 0 radical (unpaired) electrons. The first-order valence-corrected chi connectivity index (χ1v) is 57.5. The minimum Gasteiger partial charge on any atom is -0.497 e. The number of aromatic nitrogens is 4. The lowest BCUT2D eigenvalue weighted by molar-refractivity contribution is -0.0959. The minimum atomic E-state index is -5.02. The van der Waals surface area contributed by atoms with Crippen molar-refractivity contribution < 1.29 is 69.9 Å². The number of aryl methyl sites for hydroxylation is 2. The third kappa shape index (κ3) is 41.1. The molecule has 4 heterocycles. The van der Waals surface area contributed by atoms with Crippen molar-refractivity contribution in [3.63, 3.8) is 0 Å². The molecule has 28 heteroatoms. The van der Waals surface area contributed by atoms with Crippen LogP contribution >= 0.6 is 16.3 Å². The topological polar surface area (TPSA) is 265 Å². The third-order valence-corrected chi connectivity index (χ3v) is 30.9. The molecule has 4 unspecified atom stereocenters. The highest BCUT2D eigenvalue weighted by atomic mass is 31.2. The van der Waals surface area contributed by atoms with E-state index in [9.17, 15) is 9.59 Å². The fourth-order valence-corrected chi connectivity index (χ4v) is 22.3. The van der Waals surface area contributed by atoms with Gasteiger partial charge in [-0.25, -0.2) is 32.0 Å². The van der Waals surface area contributed by atoms with Crippen molar-refractivity contribution in [3.8, 4) is 28.7 Å². The van der Waals surface area contributed by atoms with E-state index < -0.39 is 100 Å². The lowest BCUT2D eigenvalue weighted by Gasteiger charge is -2.37. The Bertz CT molecular complexity index is 4740. The number of carbonyl (C=O) groups excluding carboxylic acids is 1. The summed E-state index contributed by atoms with van der Waals surface area (Å²) in [5.74, 6) is 1.18. The molecule has 1 N–H and O–H groups in total. The predicted octanol–water partition coefficient (Wildman–Crippen LogP) is 28.5. The maximum absolute atomic E-state index is 16.2. The van der Waals surface area contributed by atoms with E-state index >= 15 is 18.9 Å². The Kier molecular flexibility index (Phi) is 58.3. The Labute approximate surface area is 852 Å². The van der Waals surface area contributed by atoms with E-state index in [2.05, 4.69) is 35.4 Å². The van der Waals surface area contributed by atoms with Crippen LogP contribution in [-0.2, 0) is 47.0 Å². The van der Waals surface area contributed by atoms with Crippen LogP contribution in [0.15, 0.2) is 123 Å². The quantitative estimate of drug-likeness (QED) is 0.0161. The van der Waals surface area contributed by atoms with E-state index in [0.717, 1.165) is 77.0 Å². The molecule has 0 amide bonds. The van der Waals surface area contributed by atoms with Gasteiger partial charge in [0.05, 0.1) is 53.4 Å². The molecular weight excluding hydrogens is 1830 g/mol. The van der Waals surface area contributed by atoms with Gasteiger partial charge in [-0.3, -0.25) is 42.1 Å². The average Bonchev–Trinajstić information content (AvgIpc) is 1.10. The highest BCUT2D eigenvalue weighted by Crippen LogP contribution is 2.56. The molecule has 2 aliphatic heterocycles. The molecule has 4 aromatic carbocycles. The maximum atomic E-state index is 16.2. The number of nitrogens with zero attached hydrogens (tertiary/aromatic N) is 6. The summed E-state index contributed by atoms with van der Waals surface area (Å²) in [6, 6.07) is 27.2. The molecule has 2 saturated heterocycles. The van der Waals surface area contributed by atoms with Crippen LogP contribution in [0, 0.1) is 27.0 Å². The van der Waals surface area contributed by atoms with Crippen LogP contribution in [0.5, 0.6) is 28.7 Å². The summed E-state index contributed by atoms with van der Waals surface area (Å²) in [4.78, 5) is 83.2. The first-order valence-electron chi connectivity index (χ1n) is 54.9. The van der Waals surface area contributed by atoms with Gasteiger partial charge in [-0.2, -0.15) is 4.57 Å².